The molecular formula is C54H45BrN4O4. The van der Waals surface area contributed by atoms with Crippen LogP contribution in [0.25, 0.3) is 55.0 Å². The molecule has 9 heteroatoms. The van der Waals surface area contributed by atoms with Gasteiger partial charge < -0.3 is 39.1 Å². The number of ether oxygens (including phenoxy) is 4. The van der Waals surface area contributed by atoms with E-state index in [4.69, 9.17) is 24.7 Å². The maximum absolute atomic E-state index is 5.64. The molecule has 0 unspecified atom stereocenters. The average molecular weight is 894 g/mol. The van der Waals surface area contributed by atoms with Gasteiger partial charge in [0.25, 0.3) is 0 Å². The molecule has 0 saturated carbocycles. The highest BCUT2D eigenvalue weighted by Crippen LogP contribution is 2.36. The second kappa shape index (κ2) is 18.3. The average Bonchev–Trinajstić information content (AvgIpc) is 4.17. The normalized spacial score (nSPS) is 14.2. The van der Waals surface area contributed by atoms with Gasteiger partial charge in [0.2, 0.25) is 0 Å². The van der Waals surface area contributed by atoms with Crippen molar-refractivity contribution in [3.8, 4) is 11.4 Å². The van der Waals surface area contributed by atoms with Crippen molar-refractivity contribution in [2.24, 2.45) is 0 Å². The van der Waals surface area contributed by atoms with Crippen molar-refractivity contribution in [2.45, 2.75) is 12.6 Å². The zero-order valence-corrected chi connectivity index (χ0v) is 36.0. The fourth-order valence-electron chi connectivity index (χ4n) is 8.36. The molecule has 2 saturated heterocycles. The quantitative estimate of drug-likeness (QED) is 0.162. The van der Waals surface area contributed by atoms with Crippen LogP contribution in [0.4, 0.5) is 17.1 Å². The number of rotatable bonds is 6. The predicted molar refractivity (Wildman–Crippen MR) is 259 cm³/mol. The first-order valence-electron chi connectivity index (χ1n) is 21.1. The topological polar surface area (TPSA) is 84.8 Å². The Bertz CT molecular complexity index is 3120. The van der Waals surface area contributed by atoms with E-state index in [1.165, 1.54) is 43.6 Å². The molecule has 0 atom stereocenters. The van der Waals surface area contributed by atoms with Crippen molar-refractivity contribution in [3.05, 3.63) is 210 Å². The van der Waals surface area contributed by atoms with Gasteiger partial charge in [0.1, 0.15) is 0 Å². The van der Waals surface area contributed by atoms with Gasteiger partial charge >= 0.3 is 0 Å². The molecular weight excluding hydrogens is 849 g/mol. The third-order valence-corrected chi connectivity index (χ3v) is 11.8. The number of nitrogen functional groups attached to an aromatic ring is 1. The zero-order chi connectivity index (χ0) is 42.5. The van der Waals surface area contributed by atoms with Crippen molar-refractivity contribution in [1.29, 1.82) is 0 Å². The van der Waals surface area contributed by atoms with Crippen LogP contribution >= 0.6 is 15.9 Å². The van der Waals surface area contributed by atoms with E-state index in [9.17, 15) is 0 Å². The molecule has 0 spiro atoms. The highest BCUT2D eigenvalue weighted by Gasteiger charge is 2.20. The van der Waals surface area contributed by atoms with Gasteiger partial charge in [0.15, 0.2) is 12.6 Å². The summed E-state index contributed by atoms with van der Waals surface area (Å²) >= 11 is 3.59. The zero-order valence-electron chi connectivity index (χ0n) is 34.4. The van der Waals surface area contributed by atoms with E-state index in [-0.39, 0.29) is 12.6 Å². The minimum atomic E-state index is -0.251. The second-order valence-electron chi connectivity index (χ2n) is 15.3. The molecule has 4 heterocycles. The predicted octanol–water partition coefficient (Wildman–Crippen LogP) is 13.4. The standard InChI is InChI=1S/C27H22N2O2.C21H16BrNO2.C6H7N/c1-2-6-20(7-3-1)28-21-12-15-26-24(18-21)23-8-4-5-9-25(23)29(26)22-13-10-19(11-14-22)27-30-16-17-31-27;22-15-7-10-20-18(13-15)17-3-1-2-4-19(17)23(20)16-8-5-14(6-9-16)21-24-11-12-25-21;7-6-4-2-1-3-5-6/h1-15,18,27-28H,16-17H2;1-10,13,21H,11-12H2;1-5H,7H2. The van der Waals surface area contributed by atoms with Gasteiger partial charge in [0, 0.05) is 65.6 Å². The molecule has 3 N–H and O–H groups in total. The number of aromatic nitrogens is 2. The summed E-state index contributed by atoms with van der Waals surface area (Å²) in [5.74, 6) is 0. The van der Waals surface area contributed by atoms with E-state index in [1.54, 1.807) is 0 Å². The van der Waals surface area contributed by atoms with Crippen LogP contribution in [-0.4, -0.2) is 35.6 Å². The summed E-state index contributed by atoms with van der Waals surface area (Å²) in [5.41, 5.74) is 17.5. The van der Waals surface area contributed by atoms with Crippen LogP contribution in [0, 0.1) is 0 Å². The third-order valence-electron chi connectivity index (χ3n) is 11.3. The van der Waals surface area contributed by atoms with Crippen molar-refractivity contribution >= 4 is 76.6 Å². The fourth-order valence-corrected chi connectivity index (χ4v) is 8.72. The monoisotopic (exact) mass is 892 g/mol. The minimum Gasteiger partial charge on any atom is -0.399 e. The Morgan fingerprint density at radius 2 is 0.841 bits per heavy atom. The van der Waals surface area contributed by atoms with Crippen LogP contribution in [0.3, 0.4) is 0 Å². The number of anilines is 3. The van der Waals surface area contributed by atoms with E-state index in [1.807, 2.05) is 48.5 Å². The number of nitrogens with two attached hydrogens (primary N) is 1. The summed E-state index contributed by atoms with van der Waals surface area (Å²) in [6.45, 7) is 2.62. The first kappa shape index (κ1) is 40.4. The number of nitrogens with zero attached hydrogens (tertiary/aromatic N) is 2. The van der Waals surface area contributed by atoms with Crippen molar-refractivity contribution < 1.29 is 18.9 Å². The number of fused-ring (bicyclic) bond motifs is 6. The lowest BCUT2D eigenvalue weighted by Gasteiger charge is -2.12. The van der Waals surface area contributed by atoms with Crippen LogP contribution in [0.15, 0.2) is 199 Å². The number of hydrogen-bond acceptors (Lipinski definition) is 6. The van der Waals surface area contributed by atoms with Crippen LogP contribution in [-0.2, 0) is 18.9 Å². The van der Waals surface area contributed by atoms with Gasteiger partial charge in [-0.05, 0) is 97.1 Å². The molecule has 10 aromatic rings. The number of nitrogens with one attached hydrogen (secondary N) is 1. The van der Waals surface area contributed by atoms with E-state index < -0.39 is 0 Å². The Hall–Kier alpha value is -6.72. The van der Waals surface area contributed by atoms with Crippen molar-refractivity contribution in [2.75, 3.05) is 37.5 Å². The summed E-state index contributed by atoms with van der Waals surface area (Å²) in [5, 5.41) is 8.48. The molecule has 312 valence electrons. The second-order valence-corrected chi connectivity index (χ2v) is 16.2. The molecule has 63 heavy (non-hydrogen) atoms. The Morgan fingerprint density at radius 3 is 1.33 bits per heavy atom. The Labute approximate surface area is 374 Å². The van der Waals surface area contributed by atoms with E-state index in [2.05, 4.69) is 176 Å². The summed E-state index contributed by atoms with van der Waals surface area (Å²) in [4.78, 5) is 0. The van der Waals surface area contributed by atoms with Crippen LogP contribution in [0.1, 0.15) is 23.7 Å². The van der Waals surface area contributed by atoms with Gasteiger partial charge in [-0.2, -0.15) is 0 Å². The van der Waals surface area contributed by atoms with Crippen LogP contribution < -0.4 is 11.1 Å². The molecule has 8 aromatic carbocycles. The first-order chi connectivity index (χ1) is 31.1. The molecule has 2 aliphatic rings. The number of halogens is 1. The molecule has 0 radical (unpaired) electrons. The SMILES string of the molecule is Brc1ccc2c(c1)c1ccccc1n2-c1ccc(C2OCCO2)cc1.Nc1ccccc1.c1ccc(Nc2ccc3c(c2)c2ccccc2n3-c2ccc(C3OCCO3)cc2)cc1. The highest BCUT2D eigenvalue weighted by atomic mass is 79.9. The third kappa shape index (κ3) is 8.57. The molecule has 0 amide bonds. The van der Waals surface area contributed by atoms with Crippen LogP contribution in [0.2, 0.25) is 0 Å². The maximum atomic E-state index is 5.64. The van der Waals surface area contributed by atoms with Gasteiger partial charge in [-0.1, -0.05) is 113 Å². The summed E-state index contributed by atoms with van der Waals surface area (Å²) < 4.78 is 28.2. The van der Waals surface area contributed by atoms with E-state index in [0.29, 0.717) is 26.4 Å². The lowest BCUT2D eigenvalue weighted by Crippen LogP contribution is -1.99. The Balaban J connectivity index is 0.000000132. The van der Waals surface area contributed by atoms with Crippen molar-refractivity contribution in [3.63, 3.8) is 0 Å². The van der Waals surface area contributed by atoms with Gasteiger partial charge in [-0.15, -0.1) is 0 Å². The summed E-state index contributed by atoms with van der Waals surface area (Å²) in [7, 11) is 0. The van der Waals surface area contributed by atoms with Crippen molar-refractivity contribution in [1.82, 2.24) is 9.13 Å². The highest BCUT2D eigenvalue weighted by molar-refractivity contribution is 9.10. The molecule has 12 rings (SSSR count). The Morgan fingerprint density at radius 1 is 0.413 bits per heavy atom. The lowest BCUT2D eigenvalue weighted by atomic mass is 10.1. The first-order valence-corrected chi connectivity index (χ1v) is 21.9. The maximum Gasteiger partial charge on any atom is 0.184 e. The number of hydrogen-bond donors (Lipinski definition) is 2. The van der Waals surface area contributed by atoms with E-state index in [0.717, 1.165) is 44.0 Å². The smallest absolute Gasteiger partial charge is 0.184 e. The molecule has 8 nitrogen and oxygen atoms in total. The number of para-hydroxylation sites is 4. The molecule has 2 fully saturated rings. The molecule has 0 aliphatic carbocycles. The Kier molecular flexibility index (Phi) is 11.7. The van der Waals surface area contributed by atoms with Gasteiger partial charge in [-0.3, -0.25) is 0 Å². The minimum absolute atomic E-state index is 0.233. The largest absolute Gasteiger partial charge is 0.399 e. The van der Waals surface area contributed by atoms with E-state index >= 15 is 0 Å². The number of benzene rings is 8. The summed E-state index contributed by atoms with van der Waals surface area (Å²) in [6.07, 6.45) is -0.484. The lowest BCUT2D eigenvalue weighted by molar-refractivity contribution is -0.0443. The van der Waals surface area contributed by atoms with Gasteiger partial charge in [0.05, 0.1) is 48.5 Å². The molecule has 0 bridgehead atoms. The van der Waals surface area contributed by atoms with Gasteiger partial charge in [-0.25, -0.2) is 0 Å². The fraction of sp³-hybridized carbons (Fsp3) is 0.111. The van der Waals surface area contributed by atoms with Crippen LogP contribution in [0.5, 0.6) is 0 Å². The summed E-state index contributed by atoms with van der Waals surface area (Å²) in [6, 6.07) is 66.7. The molecule has 2 aliphatic heterocycles. The molecule has 2 aromatic heterocycles.